The molecule has 0 aliphatic carbocycles. The third-order valence-electron chi connectivity index (χ3n) is 4.57. The Balaban J connectivity index is 1.66. The molecule has 32 heavy (non-hydrogen) atoms. The Morgan fingerprint density at radius 1 is 1.03 bits per heavy atom. The predicted molar refractivity (Wildman–Crippen MR) is 117 cm³/mol. The number of alkyl halides is 3. The van der Waals surface area contributed by atoms with Crippen LogP contribution in [0, 0.1) is 0 Å². The molecule has 2 amide bonds. The molecule has 0 unspecified atom stereocenters. The van der Waals surface area contributed by atoms with E-state index in [0.29, 0.717) is 10.7 Å². The molecule has 2 heterocycles. The number of amides is 2. The highest BCUT2D eigenvalue weighted by Gasteiger charge is 2.35. The van der Waals surface area contributed by atoms with Crippen LogP contribution in [0.25, 0.3) is 17.4 Å². The Bertz CT molecular complexity index is 1270. The highest BCUT2D eigenvalue weighted by atomic mass is 35.5. The lowest BCUT2D eigenvalue weighted by molar-refractivity contribution is -0.137. The van der Waals surface area contributed by atoms with Crippen LogP contribution in [0.15, 0.2) is 70.7 Å². The maximum Gasteiger partial charge on any atom is 0.416 e. The lowest BCUT2D eigenvalue weighted by Gasteiger charge is -2.28. The summed E-state index contributed by atoms with van der Waals surface area (Å²) in [6, 6.07) is 13.8. The summed E-state index contributed by atoms with van der Waals surface area (Å²) in [5.74, 6) is -1.14. The molecule has 0 atom stereocenters. The van der Waals surface area contributed by atoms with E-state index in [2.05, 4.69) is 5.32 Å². The van der Waals surface area contributed by atoms with Crippen molar-refractivity contribution in [2.24, 2.45) is 0 Å². The van der Waals surface area contributed by atoms with E-state index in [1.807, 2.05) is 0 Å². The van der Waals surface area contributed by atoms with Crippen molar-refractivity contribution in [1.82, 2.24) is 5.32 Å². The molecule has 5 nitrogen and oxygen atoms in total. The topological polar surface area (TPSA) is 62.6 Å². The summed E-state index contributed by atoms with van der Waals surface area (Å²) in [7, 11) is 0. The minimum atomic E-state index is -4.50. The molecule has 162 valence electrons. The zero-order chi connectivity index (χ0) is 23.0. The molecular formula is C22H12ClF3N2O3S. The van der Waals surface area contributed by atoms with E-state index in [9.17, 15) is 22.8 Å². The number of benzene rings is 2. The van der Waals surface area contributed by atoms with Crippen molar-refractivity contribution in [3.63, 3.8) is 0 Å². The van der Waals surface area contributed by atoms with Gasteiger partial charge in [-0.15, -0.1) is 0 Å². The van der Waals surface area contributed by atoms with Crippen molar-refractivity contribution in [1.29, 1.82) is 0 Å². The van der Waals surface area contributed by atoms with Gasteiger partial charge in [-0.05, 0) is 66.8 Å². The van der Waals surface area contributed by atoms with Gasteiger partial charge in [0.25, 0.3) is 11.8 Å². The second-order valence-electron chi connectivity index (χ2n) is 6.71. The van der Waals surface area contributed by atoms with Gasteiger partial charge in [-0.3, -0.25) is 19.8 Å². The lowest BCUT2D eigenvalue weighted by atomic mass is 10.1. The summed E-state index contributed by atoms with van der Waals surface area (Å²) in [6.07, 6.45) is -3.29. The summed E-state index contributed by atoms with van der Waals surface area (Å²) in [5.41, 5.74) is -0.467. The van der Waals surface area contributed by atoms with Gasteiger partial charge in [0.2, 0.25) is 0 Å². The molecule has 0 radical (unpaired) electrons. The summed E-state index contributed by atoms with van der Waals surface area (Å²) < 4.78 is 44.5. The van der Waals surface area contributed by atoms with E-state index in [1.165, 1.54) is 30.3 Å². The fourth-order valence-corrected chi connectivity index (χ4v) is 3.47. The van der Waals surface area contributed by atoms with Gasteiger partial charge in [-0.2, -0.15) is 13.2 Å². The largest absolute Gasteiger partial charge is 0.457 e. The van der Waals surface area contributed by atoms with Gasteiger partial charge in [0, 0.05) is 10.6 Å². The average molecular weight is 477 g/mol. The standard InChI is InChI=1S/C22H12ClF3N2O3S/c23-14-4-6-15(7-5-14)28-20(30)17(19(29)27-21(28)32)11-16-8-9-18(31-16)12-2-1-3-13(10-12)22(24,25)26/h1-11H,(H,27,29,32). The summed E-state index contributed by atoms with van der Waals surface area (Å²) in [4.78, 5) is 26.5. The first-order valence-electron chi connectivity index (χ1n) is 9.08. The number of furan rings is 1. The van der Waals surface area contributed by atoms with Crippen LogP contribution in [0.5, 0.6) is 0 Å². The fourth-order valence-electron chi connectivity index (χ4n) is 3.06. The third-order valence-corrected chi connectivity index (χ3v) is 5.11. The SMILES string of the molecule is O=C1NC(=S)N(c2ccc(Cl)cc2)C(=O)C1=Cc1ccc(-c2cccc(C(F)(F)F)c2)o1. The predicted octanol–water partition coefficient (Wildman–Crippen LogP) is 5.45. The smallest absolute Gasteiger partial charge is 0.416 e. The molecule has 3 aromatic rings. The Labute approximate surface area is 190 Å². The molecular weight excluding hydrogens is 465 g/mol. The number of hydrogen-bond donors (Lipinski definition) is 1. The molecule has 0 bridgehead atoms. The molecule has 10 heteroatoms. The molecule has 1 aromatic heterocycles. The zero-order valence-corrected chi connectivity index (χ0v) is 17.5. The van der Waals surface area contributed by atoms with Crippen LogP contribution in [0.4, 0.5) is 18.9 Å². The number of carbonyl (C=O) groups excluding carboxylic acids is 2. The Kier molecular flexibility index (Phi) is 5.62. The normalized spacial score (nSPS) is 15.9. The number of halogens is 4. The first-order chi connectivity index (χ1) is 15.1. The van der Waals surface area contributed by atoms with Gasteiger partial charge < -0.3 is 4.42 Å². The Morgan fingerprint density at radius 3 is 2.44 bits per heavy atom. The third kappa shape index (κ3) is 4.30. The van der Waals surface area contributed by atoms with E-state index >= 15 is 0 Å². The molecule has 1 fully saturated rings. The van der Waals surface area contributed by atoms with Crippen LogP contribution in [0.2, 0.25) is 5.02 Å². The zero-order valence-electron chi connectivity index (χ0n) is 15.9. The van der Waals surface area contributed by atoms with Crippen LogP contribution < -0.4 is 10.2 Å². The Hall–Kier alpha value is -3.43. The molecule has 1 aliphatic heterocycles. The van der Waals surface area contributed by atoms with Crippen LogP contribution in [-0.2, 0) is 15.8 Å². The maximum absolute atomic E-state index is 13.0. The van der Waals surface area contributed by atoms with Gasteiger partial charge in [-0.1, -0.05) is 23.7 Å². The first-order valence-corrected chi connectivity index (χ1v) is 9.86. The fraction of sp³-hybridized carbons (Fsp3) is 0.0455. The number of nitrogens with one attached hydrogen (secondary N) is 1. The van der Waals surface area contributed by atoms with E-state index in [1.54, 1.807) is 24.3 Å². The second kappa shape index (κ2) is 8.25. The van der Waals surface area contributed by atoms with Crippen LogP contribution in [0.3, 0.4) is 0 Å². The maximum atomic E-state index is 13.0. The summed E-state index contributed by atoms with van der Waals surface area (Å²) in [5, 5.41) is 2.80. The van der Waals surface area contributed by atoms with Gasteiger partial charge in [0.1, 0.15) is 17.1 Å². The van der Waals surface area contributed by atoms with Gasteiger partial charge in [0.05, 0.1) is 11.3 Å². The molecule has 2 aromatic carbocycles. The molecule has 4 rings (SSSR count). The number of anilines is 1. The number of rotatable bonds is 3. The number of thiocarbonyl (C=S) groups is 1. The van der Waals surface area contributed by atoms with Crippen molar-refractivity contribution in [3.05, 3.63) is 82.6 Å². The van der Waals surface area contributed by atoms with E-state index < -0.39 is 23.6 Å². The second-order valence-corrected chi connectivity index (χ2v) is 7.54. The molecule has 1 saturated heterocycles. The monoisotopic (exact) mass is 476 g/mol. The highest BCUT2D eigenvalue weighted by Crippen LogP contribution is 2.33. The van der Waals surface area contributed by atoms with E-state index in [4.69, 9.17) is 28.2 Å². The highest BCUT2D eigenvalue weighted by molar-refractivity contribution is 7.80. The van der Waals surface area contributed by atoms with Gasteiger partial charge >= 0.3 is 6.18 Å². The Morgan fingerprint density at radius 2 is 1.75 bits per heavy atom. The lowest BCUT2D eigenvalue weighted by Crippen LogP contribution is -2.54. The summed E-state index contributed by atoms with van der Waals surface area (Å²) in [6.45, 7) is 0. The molecule has 0 saturated carbocycles. The van der Waals surface area contributed by atoms with Gasteiger partial charge in [-0.25, -0.2) is 0 Å². The van der Waals surface area contributed by atoms with Gasteiger partial charge in [0.15, 0.2) is 5.11 Å². The minimum absolute atomic E-state index is 0.0939. The molecule has 0 spiro atoms. The molecule has 1 aliphatic rings. The van der Waals surface area contributed by atoms with Crippen molar-refractivity contribution >= 4 is 52.5 Å². The van der Waals surface area contributed by atoms with Crippen molar-refractivity contribution in [2.75, 3.05) is 4.90 Å². The van der Waals surface area contributed by atoms with Crippen molar-refractivity contribution in [2.45, 2.75) is 6.18 Å². The van der Waals surface area contributed by atoms with E-state index in [0.717, 1.165) is 17.0 Å². The number of carbonyl (C=O) groups is 2. The van der Waals surface area contributed by atoms with Crippen LogP contribution >= 0.6 is 23.8 Å². The number of hydrogen-bond acceptors (Lipinski definition) is 4. The quantitative estimate of drug-likeness (QED) is 0.310. The summed E-state index contributed by atoms with van der Waals surface area (Å²) >= 11 is 11.0. The van der Waals surface area contributed by atoms with Crippen molar-refractivity contribution in [3.8, 4) is 11.3 Å². The van der Waals surface area contributed by atoms with Crippen LogP contribution in [0.1, 0.15) is 11.3 Å². The average Bonchev–Trinajstić information content (AvgIpc) is 3.21. The van der Waals surface area contributed by atoms with Crippen molar-refractivity contribution < 1.29 is 27.2 Å². The minimum Gasteiger partial charge on any atom is -0.457 e. The first kappa shape index (κ1) is 21.8. The van der Waals surface area contributed by atoms with Crippen LogP contribution in [-0.4, -0.2) is 16.9 Å². The molecule has 1 N–H and O–H groups in total. The van der Waals surface area contributed by atoms with E-state index in [-0.39, 0.29) is 27.8 Å². The number of nitrogens with zero attached hydrogens (tertiary/aromatic N) is 1.